The van der Waals surface area contributed by atoms with Gasteiger partial charge in [-0.2, -0.15) is 0 Å². The lowest BCUT2D eigenvalue weighted by Gasteiger charge is -2.29. The smallest absolute Gasteiger partial charge is 0.231 e. The molecule has 2 rings (SSSR count). The number of nitrogens with one attached hydrogen (secondary N) is 1. The fourth-order valence-electron chi connectivity index (χ4n) is 3.11. The lowest BCUT2D eigenvalue weighted by atomic mass is 9.81. The van der Waals surface area contributed by atoms with Gasteiger partial charge >= 0.3 is 0 Å². The first-order chi connectivity index (χ1) is 9.66. The number of anilines is 1. The average molecular weight is 311 g/mol. The van der Waals surface area contributed by atoms with E-state index in [1.807, 2.05) is 26.0 Å². The van der Waals surface area contributed by atoms with Gasteiger partial charge < -0.3 is 11.1 Å². The van der Waals surface area contributed by atoms with E-state index in [1.165, 1.54) is 24.0 Å². The Balaban J connectivity index is 0.00000220. The zero-order chi connectivity index (χ0) is 14.6. The van der Waals surface area contributed by atoms with Crippen molar-refractivity contribution in [2.75, 3.05) is 11.9 Å². The van der Waals surface area contributed by atoms with Crippen molar-refractivity contribution in [2.24, 2.45) is 11.1 Å². The predicted molar refractivity (Wildman–Crippen MR) is 91.0 cm³/mol. The Labute approximate surface area is 134 Å². The molecule has 1 aliphatic carbocycles. The minimum absolute atomic E-state index is 0. The molecule has 0 heterocycles. The van der Waals surface area contributed by atoms with Crippen LogP contribution in [0.1, 0.15) is 50.7 Å². The van der Waals surface area contributed by atoms with Crippen LogP contribution in [0.25, 0.3) is 0 Å². The van der Waals surface area contributed by atoms with Crippen LogP contribution < -0.4 is 11.1 Å². The second-order valence-electron chi connectivity index (χ2n) is 5.80. The number of carbonyl (C=O) groups is 1. The van der Waals surface area contributed by atoms with Crippen molar-refractivity contribution >= 4 is 24.0 Å². The maximum atomic E-state index is 12.6. The summed E-state index contributed by atoms with van der Waals surface area (Å²) in [5.74, 6) is 0.0731. The van der Waals surface area contributed by atoms with Crippen molar-refractivity contribution < 1.29 is 4.79 Å². The Hall–Kier alpha value is -1.06. The van der Waals surface area contributed by atoms with E-state index in [2.05, 4.69) is 11.4 Å². The third-order valence-corrected chi connectivity index (χ3v) is 4.87. The second kappa shape index (κ2) is 7.81. The van der Waals surface area contributed by atoms with Crippen LogP contribution in [0.2, 0.25) is 0 Å². The van der Waals surface area contributed by atoms with Gasteiger partial charge in [-0.05, 0) is 55.7 Å². The average Bonchev–Trinajstić information content (AvgIpc) is 2.50. The molecule has 0 bridgehead atoms. The van der Waals surface area contributed by atoms with Gasteiger partial charge in [-0.3, -0.25) is 4.79 Å². The van der Waals surface area contributed by atoms with Crippen LogP contribution in [0.4, 0.5) is 5.69 Å². The fourth-order valence-corrected chi connectivity index (χ4v) is 3.11. The highest BCUT2D eigenvalue weighted by Gasteiger charge is 2.33. The molecule has 21 heavy (non-hydrogen) atoms. The summed E-state index contributed by atoms with van der Waals surface area (Å²) in [6.45, 7) is 4.48. The number of nitrogens with two attached hydrogens (primary N) is 1. The molecule has 4 heteroatoms. The van der Waals surface area contributed by atoms with Gasteiger partial charge in [0.05, 0.1) is 5.41 Å². The summed E-state index contributed by atoms with van der Waals surface area (Å²) in [5, 5.41) is 3.14. The molecule has 0 fully saturated rings. The number of fused-ring (bicyclic) bond motifs is 1. The number of aryl methyl sites for hydroxylation is 1. The van der Waals surface area contributed by atoms with Gasteiger partial charge in [0.25, 0.3) is 0 Å². The van der Waals surface area contributed by atoms with Gasteiger partial charge in [-0.1, -0.05) is 26.0 Å². The van der Waals surface area contributed by atoms with E-state index in [-0.39, 0.29) is 18.3 Å². The number of carbonyl (C=O) groups excluding carboxylic acids is 1. The predicted octanol–water partition coefficient (Wildman–Crippen LogP) is 3.69. The molecule has 0 saturated heterocycles. The largest absolute Gasteiger partial charge is 0.329 e. The zero-order valence-corrected chi connectivity index (χ0v) is 13.9. The first kappa shape index (κ1) is 18.0. The van der Waals surface area contributed by atoms with Crippen LogP contribution in [0, 0.1) is 5.41 Å². The maximum Gasteiger partial charge on any atom is 0.231 e. The molecule has 118 valence electrons. The quantitative estimate of drug-likeness (QED) is 0.871. The third-order valence-electron chi connectivity index (χ3n) is 4.87. The first-order valence-electron chi connectivity index (χ1n) is 7.79. The van der Waals surface area contributed by atoms with E-state index in [4.69, 9.17) is 5.73 Å². The molecular formula is C17H27ClN2O. The van der Waals surface area contributed by atoms with Gasteiger partial charge in [0.1, 0.15) is 0 Å². The Kier molecular flexibility index (Phi) is 6.69. The molecule has 0 atom stereocenters. The molecule has 1 aromatic carbocycles. The van der Waals surface area contributed by atoms with Crippen LogP contribution in [0.15, 0.2) is 18.2 Å². The number of rotatable bonds is 5. The molecule has 3 N–H and O–H groups in total. The normalized spacial score (nSPS) is 14.0. The standard InChI is InChI=1S/C17H26N2O.ClH/c1-3-17(4-2,12-18)16(20)19-15-11-7-9-13-8-5-6-10-14(13)15;/h7,9,11H,3-6,8,10,12,18H2,1-2H3,(H,19,20);1H. The Morgan fingerprint density at radius 2 is 1.90 bits per heavy atom. The van der Waals surface area contributed by atoms with E-state index in [9.17, 15) is 4.79 Å². The van der Waals surface area contributed by atoms with E-state index < -0.39 is 5.41 Å². The summed E-state index contributed by atoms with van der Waals surface area (Å²) >= 11 is 0. The Bertz CT molecular complexity index is 475. The Morgan fingerprint density at radius 3 is 2.52 bits per heavy atom. The highest BCUT2D eigenvalue weighted by atomic mass is 35.5. The molecule has 0 aromatic heterocycles. The molecule has 0 unspecified atom stereocenters. The van der Waals surface area contributed by atoms with Crippen molar-refractivity contribution in [1.29, 1.82) is 0 Å². The molecule has 0 saturated carbocycles. The summed E-state index contributed by atoms with van der Waals surface area (Å²) in [7, 11) is 0. The summed E-state index contributed by atoms with van der Waals surface area (Å²) in [5.41, 5.74) is 9.13. The van der Waals surface area contributed by atoms with Gasteiger partial charge in [0.15, 0.2) is 0 Å². The highest BCUT2D eigenvalue weighted by Crippen LogP contribution is 2.31. The van der Waals surface area contributed by atoms with Crippen LogP contribution in [-0.4, -0.2) is 12.5 Å². The molecule has 0 spiro atoms. The maximum absolute atomic E-state index is 12.6. The molecule has 1 amide bonds. The Morgan fingerprint density at radius 1 is 1.24 bits per heavy atom. The fraction of sp³-hybridized carbons (Fsp3) is 0.588. The van der Waals surface area contributed by atoms with Gasteiger partial charge in [-0.25, -0.2) is 0 Å². The van der Waals surface area contributed by atoms with Crippen molar-refractivity contribution in [2.45, 2.75) is 52.4 Å². The van der Waals surface area contributed by atoms with Gasteiger partial charge in [-0.15, -0.1) is 12.4 Å². The van der Waals surface area contributed by atoms with E-state index in [1.54, 1.807) is 0 Å². The van der Waals surface area contributed by atoms with Crippen LogP contribution in [-0.2, 0) is 17.6 Å². The summed E-state index contributed by atoms with van der Waals surface area (Å²) < 4.78 is 0. The molecule has 3 nitrogen and oxygen atoms in total. The van der Waals surface area contributed by atoms with Crippen molar-refractivity contribution in [1.82, 2.24) is 0 Å². The number of amides is 1. The topological polar surface area (TPSA) is 55.1 Å². The second-order valence-corrected chi connectivity index (χ2v) is 5.80. The third kappa shape index (κ3) is 3.58. The van der Waals surface area contributed by atoms with Crippen LogP contribution in [0.5, 0.6) is 0 Å². The monoisotopic (exact) mass is 310 g/mol. The minimum Gasteiger partial charge on any atom is -0.329 e. The number of benzene rings is 1. The van der Waals surface area contributed by atoms with Gasteiger partial charge in [0.2, 0.25) is 5.91 Å². The lowest BCUT2D eigenvalue weighted by molar-refractivity contribution is -0.125. The van der Waals surface area contributed by atoms with Crippen LogP contribution in [0.3, 0.4) is 0 Å². The van der Waals surface area contributed by atoms with Crippen LogP contribution >= 0.6 is 12.4 Å². The highest BCUT2D eigenvalue weighted by molar-refractivity contribution is 5.96. The summed E-state index contributed by atoms with van der Waals surface area (Å²) in [6.07, 6.45) is 6.22. The van der Waals surface area contributed by atoms with E-state index in [0.29, 0.717) is 6.54 Å². The zero-order valence-electron chi connectivity index (χ0n) is 13.1. The van der Waals surface area contributed by atoms with E-state index in [0.717, 1.165) is 31.4 Å². The van der Waals surface area contributed by atoms with Crippen molar-refractivity contribution in [3.8, 4) is 0 Å². The van der Waals surface area contributed by atoms with Gasteiger partial charge in [0, 0.05) is 12.2 Å². The molecule has 0 radical (unpaired) electrons. The van der Waals surface area contributed by atoms with Crippen molar-refractivity contribution in [3.63, 3.8) is 0 Å². The number of halogens is 1. The molecule has 1 aromatic rings. The molecular weight excluding hydrogens is 284 g/mol. The molecule has 0 aliphatic heterocycles. The van der Waals surface area contributed by atoms with Crippen molar-refractivity contribution in [3.05, 3.63) is 29.3 Å². The first-order valence-corrected chi connectivity index (χ1v) is 7.79. The number of hydrogen-bond donors (Lipinski definition) is 2. The van der Waals surface area contributed by atoms with E-state index >= 15 is 0 Å². The number of hydrogen-bond acceptors (Lipinski definition) is 2. The molecule has 1 aliphatic rings. The summed E-state index contributed by atoms with van der Waals surface area (Å²) in [4.78, 5) is 12.6. The summed E-state index contributed by atoms with van der Waals surface area (Å²) in [6, 6.07) is 6.25. The lowest BCUT2D eigenvalue weighted by Crippen LogP contribution is -2.41. The SMILES string of the molecule is CCC(CC)(CN)C(=O)Nc1cccc2c1CCCC2.Cl. The minimum atomic E-state index is -0.433.